The molecule has 1 atom stereocenters. The molecule has 0 spiro atoms. The van der Waals surface area contributed by atoms with Gasteiger partial charge < -0.3 is 5.32 Å². The summed E-state index contributed by atoms with van der Waals surface area (Å²) in [4.78, 5) is 11.7. The minimum Gasteiger partial charge on any atom is -0.358 e. The van der Waals surface area contributed by atoms with Crippen molar-refractivity contribution >= 4 is 43.2 Å². The van der Waals surface area contributed by atoms with E-state index in [4.69, 9.17) is 0 Å². The lowest BCUT2D eigenvalue weighted by Crippen LogP contribution is -2.46. The highest BCUT2D eigenvalue weighted by atomic mass is 79.9. The molecule has 2 N–H and O–H groups in total. The van der Waals surface area contributed by atoms with Crippen LogP contribution in [0.25, 0.3) is 0 Å². The first-order valence-corrected chi connectivity index (χ1v) is 8.90. The molecule has 1 amide bonds. The molecule has 0 aromatic carbocycles. The molecule has 0 aliphatic carbocycles. The lowest BCUT2D eigenvalue weighted by Gasteiger charge is -2.18. The second kappa shape index (κ2) is 6.83. The van der Waals surface area contributed by atoms with Crippen LogP contribution in [-0.4, -0.2) is 27.4 Å². The number of amides is 1. The predicted octanol–water partition coefficient (Wildman–Crippen LogP) is 1.95. The van der Waals surface area contributed by atoms with Gasteiger partial charge in [0.2, 0.25) is 5.91 Å². The van der Waals surface area contributed by atoms with E-state index in [1.165, 1.54) is 7.05 Å². The second-order valence-corrected chi connectivity index (χ2v) is 8.15. The Morgan fingerprint density at radius 2 is 2.11 bits per heavy atom. The fraction of sp³-hybridized carbons (Fsp3) is 0.545. The summed E-state index contributed by atoms with van der Waals surface area (Å²) in [6.45, 7) is 3.87. The molecule has 1 rings (SSSR count). The molecule has 5 nitrogen and oxygen atoms in total. The molecule has 1 aromatic heterocycles. The van der Waals surface area contributed by atoms with Gasteiger partial charge >= 0.3 is 0 Å². The first-order chi connectivity index (χ1) is 8.77. The van der Waals surface area contributed by atoms with Crippen LogP contribution in [0.1, 0.15) is 20.3 Å². The summed E-state index contributed by atoms with van der Waals surface area (Å²) < 4.78 is 27.6. The molecular weight excluding hydrogens is 352 g/mol. The van der Waals surface area contributed by atoms with Gasteiger partial charge in [0.05, 0.1) is 0 Å². The summed E-state index contributed by atoms with van der Waals surface area (Å²) in [6.07, 6.45) is 0.446. The molecule has 0 radical (unpaired) electrons. The molecule has 8 heteroatoms. The van der Waals surface area contributed by atoms with Gasteiger partial charge in [-0.05, 0) is 39.7 Å². The largest absolute Gasteiger partial charge is 0.358 e. The maximum atomic E-state index is 12.2. The number of nitrogens with one attached hydrogen (secondary N) is 2. The molecule has 0 saturated carbocycles. The normalized spacial score (nSPS) is 13.5. The lowest BCUT2D eigenvalue weighted by atomic mass is 10.0. The Morgan fingerprint density at radius 3 is 2.53 bits per heavy atom. The first kappa shape index (κ1) is 16.6. The third-order valence-corrected chi connectivity index (χ3v) is 6.54. The zero-order valence-corrected chi connectivity index (χ0v) is 14.2. The van der Waals surface area contributed by atoms with Crippen molar-refractivity contribution in [3.8, 4) is 0 Å². The number of likely N-dealkylation sites (N-methyl/N-ethyl adjacent to an activating group) is 1. The van der Waals surface area contributed by atoms with Crippen LogP contribution in [0.2, 0.25) is 0 Å². The topological polar surface area (TPSA) is 75.3 Å². The SMILES string of the molecule is CNC(=O)C(CC(C)C)NS(=O)(=O)c1sccc1Br. The van der Waals surface area contributed by atoms with E-state index in [1.54, 1.807) is 11.4 Å². The number of sulfonamides is 1. The van der Waals surface area contributed by atoms with E-state index in [-0.39, 0.29) is 16.0 Å². The highest BCUT2D eigenvalue weighted by molar-refractivity contribution is 9.10. The maximum absolute atomic E-state index is 12.2. The molecule has 1 unspecified atom stereocenters. The average Bonchev–Trinajstić information content (AvgIpc) is 2.73. The molecule has 0 bridgehead atoms. The van der Waals surface area contributed by atoms with Crippen LogP contribution in [-0.2, 0) is 14.8 Å². The van der Waals surface area contributed by atoms with Gasteiger partial charge in [-0.3, -0.25) is 4.79 Å². The van der Waals surface area contributed by atoms with Crippen LogP contribution in [0.15, 0.2) is 20.1 Å². The van der Waals surface area contributed by atoms with Gasteiger partial charge in [-0.1, -0.05) is 13.8 Å². The minimum absolute atomic E-state index is 0.185. The van der Waals surface area contributed by atoms with E-state index in [2.05, 4.69) is 26.0 Å². The first-order valence-electron chi connectivity index (χ1n) is 5.75. The number of hydrogen-bond donors (Lipinski definition) is 2. The lowest BCUT2D eigenvalue weighted by molar-refractivity contribution is -0.122. The quantitative estimate of drug-likeness (QED) is 0.805. The zero-order valence-electron chi connectivity index (χ0n) is 10.9. The molecule has 0 saturated heterocycles. The summed E-state index contributed by atoms with van der Waals surface area (Å²) in [5.74, 6) is -0.123. The van der Waals surface area contributed by atoms with E-state index < -0.39 is 16.1 Å². The van der Waals surface area contributed by atoms with Crippen molar-refractivity contribution in [1.29, 1.82) is 0 Å². The number of thiophene rings is 1. The second-order valence-electron chi connectivity index (χ2n) is 4.47. The standard InChI is InChI=1S/C11H17BrN2O3S2/c1-7(2)6-9(10(15)13-3)14-19(16,17)11-8(12)4-5-18-11/h4-5,7,9,14H,6H2,1-3H3,(H,13,15). The highest BCUT2D eigenvalue weighted by Gasteiger charge is 2.27. The van der Waals surface area contributed by atoms with Gasteiger partial charge in [0, 0.05) is 11.5 Å². The zero-order chi connectivity index (χ0) is 14.6. The predicted molar refractivity (Wildman–Crippen MR) is 79.7 cm³/mol. The molecule has 0 aliphatic rings. The summed E-state index contributed by atoms with van der Waals surface area (Å²) in [5.41, 5.74) is 0. The molecule has 1 heterocycles. The van der Waals surface area contributed by atoms with Crippen molar-refractivity contribution in [2.45, 2.75) is 30.5 Å². The van der Waals surface area contributed by atoms with Crippen LogP contribution in [0, 0.1) is 5.92 Å². The fourth-order valence-electron chi connectivity index (χ4n) is 1.57. The van der Waals surface area contributed by atoms with Crippen molar-refractivity contribution in [2.24, 2.45) is 5.92 Å². The Hall–Kier alpha value is -0.440. The van der Waals surface area contributed by atoms with Crippen LogP contribution < -0.4 is 10.0 Å². The van der Waals surface area contributed by atoms with Crippen LogP contribution >= 0.6 is 27.3 Å². The summed E-state index contributed by atoms with van der Waals surface area (Å²) in [7, 11) is -2.20. The van der Waals surface area contributed by atoms with Crippen molar-refractivity contribution in [2.75, 3.05) is 7.05 Å². The van der Waals surface area contributed by atoms with Gasteiger partial charge in [-0.25, -0.2) is 8.42 Å². The molecule has 0 aliphatic heterocycles. The Labute approximate surface area is 126 Å². The molecule has 108 valence electrons. The fourth-order valence-corrected chi connectivity index (χ4v) is 5.13. The van der Waals surface area contributed by atoms with E-state index in [0.717, 1.165) is 11.3 Å². The van der Waals surface area contributed by atoms with Crippen molar-refractivity contribution < 1.29 is 13.2 Å². The Kier molecular flexibility index (Phi) is 5.97. The van der Waals surface area contributed by atoms with Gasteiger partial charge in [-0.15, -0.1) is 11.3 Å². The van der Waals surface area contributed by atoms with Crippen LogP contribution in [0.3, 0.4) is 0 Å². The van der Waals surface area contributed by atoms with E-state index in [9.17, 15) is 13.2 Å². The van der Waals surface area contributed by atoms with Crippen LogP contribution in [0.4, 0.5) is 0 Å². The summed E-state index contributed by atoms with van der Waals surface area (Å²) in [6, 6.07) is 0.903. The van der Waals surface area contributed by atoms with Crippen LogP contribution in [0.5, 0.6) is 0 Å². The molecule has 0 fully saturated rings. The Balaban J connectivity index is 2.96. The third-order valence-electron chi connectivity index (χ3n) is 2.40. The molecule has 19 heavy (non-hydrogen) atoms. The van der Waals surface area contributed by atoms with Gasteiger partial charge in [0.15, 0.2) is 0 Å². The van der Waals surface area contributed by atoms with Gasteiger partial charge in [0.25, 0.3) is 10.0 Å². The van der Waals surface area contributed by atoms with Crippen molar-refractivity contribution in [3.05, 3.63) is 15.9 Å². The third kappa shape index (κ3) is 4.55. The Morgan fingerprint density at radius 1 is 1.47 bits per heavy atom. The number of carbonyl (C=O) groups is 1. The number of hydrogen-bond acceptors (Lipinski definition) is 4. The number of carbonyl (C=O) groups excluding carboxylic acids is 1. The maximum Gasteiger partial charge on any atom is 0.251 e. The average molecular weight is 369 g/mol. The number of rotatable bonds is 6. The number of halogens is 1. The highest BCUT2D eigenvalue weighted by Crippen LogP contribution is 2.27. The molecule has 1 aromatic rings. The van der Waals surface area contributed by atoms with Gasteiger partial charge in [-0.2, -0.15) is 4.72 Å². The van der Waals surface area contributed by atoms with Crippen molar-refractivity contribution in [3.63, 3.8) is 0 Å². The van der Waals surface area contributed by atoms with Crippen molar-refractivity contribution in [1.82, 2.24) is 10.0 Å². The molecular formula is C11H17BrN2O3S2. The minimum atomic E-state index is -3.69. The van der Waals surface area contributed by atoms with Gasteiger partial charge in [0.1, 0.15) is 10.3 Å². The smallest absolute Gasteiger partial charge is 0.251 e. The monoisotopic (exact) mass is 368 g/mol. The summed E-state index contributed by atoms with van der Waals surface area (Å²) in [5, 5.41) is 4.16. The Bertz CT molecular complexity index is 540. The van der Waals surface area contributed by atoms with E-state index in [1.807, 2.05) is 13.8 Å². The summed E-state index contributed by atoms with van der Waals surface area (Å²) >= 11 is 4.30. The van der Waals surface area contributed by atoms with E-state index >= 15 is 0 Å². The van der Waals surface area contributed by atoms with E-state index in [0.29, 0.717) is 10.9 Å².